The lowest BCUT2D eigenvalue weighted by Gasteiger charge is -2.22. The Hall–Kier alpha value is -2.62. The van der Waals surface area contributed by atoms with Crippen molar-refractivity contribution in [1.29, 1.82) is 0 Å². The van der Waals surface area contributed by atoms with Crippen molar-refractivity contribution in [1.82, 2.24) is 16.0 Å². The fourth-order valence-corrected chi connectivity index (χ4v) is 1.90. The largest absolute Gasteiger partial charge is 0.444 e. The molecule has 0 aromatic carbocycles. The van der Waals surface area contributed by atoms with Gasteiger partial charge in [-0.15, -0.1) is 0 Å². The van der Waals surface area contributed by atoms with E-state index in [1.165, 1.54) is 7.05 Å². The molecule has 1 atom stereocenters. The molecule has 3 amide bonds. The number of nitrogens with zero attached hydrogens (tertiary/aromatic N) is 1. The van der Waals surface area contributed by atoms with Gasteiger partial charge in [0.15, 0.2) is 0 Å². The first-order valence-electron chi connectivity index (χ1n) is 9.34. The maximum atomic E-state index is 12.0. The van der Waals surface area contributed by atoms with Crippen molar-refractivity contribution in [3.05, 3.63) is 12.2 Å². The first-order chi connectivity index (χ1) is 13.1. The van der Waals surface area contributed by atoms with Crippen LogP contribution in [0.5, 0.6) is 0 Å². The number of likely N-dealkylation sites (N-methyl/N-ethyl adjacent to an activating group) is 1. The third kappa shape index (κ3) is 13.2. The maximum absolute atomic E-state index is 12.0. The Morgan fingerprint density at radius 1 is 1.00 bits per heavy atom. The second kappa shape index (κ2) is 11.4. The van der Waals surface area contributed by atoms with Crippen molar-refractivity contribution in [2.75, 3.05) is 13.6 Å². The van der Waals surface area contributed by atoms with E-state index in [-0.39, 0.29) is 18.4 Å². The van der Waals surface area contributed by atoms with E-state index >= 15 is 0 Å². The number of aliphatic imine (C=N–C) groups is 1. The van der Waals surface area contributed by atoms with Gasteiger partial charge in [-0.05, 0) is 54.4 Å². The van der Waals surface area contributed by atoms with Gasteiger partial charge in [-0.1, -0.05) is 12.2 Å². The number of rotatable bonds is 6. The van der Waals surface area contributed by atoms with Crippen molar-refractivity contribution in [2.45, 2.75) is 71.6 Å². The second-order valence-electron chi connectivity index (χ2n) is 8.34. The molecule has 29 heavy (non-hydrogen) atoms. The van der Waals surface area contributed by atoms with E-state index in [9.17, 15) is 14.4 Å². The summed E-state index contributed by atoms with van der Waals surface area (Å²) in [4.78, 5) is 39.7. The van der Waals surface area contributed by atoms with E-state index in [4.69, 9.17) is 15.2 Å². The Kier molecular flexibility index (Phi) is 10.4. The van der Waals surface area contributed by atoms with Gasteiger partial charge in [0, 0.05) is 13.6 Å². The van der Waals surface area contributed by atoms with Crippen LogP contribution in [0.2, 0.25) is 0 Å². The van der Waals surface area contributed by atoms with Crippen LogP contribution in [0.3, 0.4) is 0 Å². The van der Waals surface area contributed by atoms with Crippen molar-refractivity contribution in [3.8, 4) is 0 Å². The van der Waals surface area contributed by atoms with Gasteiger partial charge < -0.3 is 20.5 Å². The number of amides is 3. The quantitative estimate of drug-likeness (QED) is 0.226. The summed E-state index contributed by atoms with van der Waals surface area (Å²) in [6, 6.07) is -0.803. The summed E-state index contributed by atoms with van der Waals surface area (Å²) in [7, 11) is 1.50. The van der Waals surface area contributed by atoms with Gasteiger partial charge in [0.2, 0.25) is 11.9 Å². The average Bonchev–Trinajstić information content (AvgIpc) is 2.53. The molecule has 0 spiro atoms. The number of alkyl carbamates (subject to hydrolysis) is 2. The lowest BCUT2D eigenvalue weighted by molar-refractivity contribution is -0.121. The first-order valence-corrected chi connectivity index (χ1v) is 9.34. The summed E-state index contributed by atoms with van der Waals surface area (Å²) in [5, 5.41) is 7.25. The van der Waals surface area contributed by atoms with Gasteiger partial charge in [0.25, 0.3) is 0 Å². The number of nitrogens with two attached hydrogens (primary N) is 1. The normalized spacial score (nSPS) is 12.3. The Bertz CT molecular complexity index is 600. The van der Waals surface area contributed by atoms with Crippen LogP contribution >= 0.6 is 0 Å². The van der Waals surface area contributed by atoms with Crippen molar-refractivity contribution >= 4 is 24.1 Å². The molecule has 0 rings (SSSR count). The average molecular weight is 414 g/mol. The molecular weight excluding hydrogens is 378 g/mol. The lowest BCUT2D eigenvalue weighted by atomic mass is 10.0. The minimum absolute atomic E-state index is 0.102. The zero-order valence-corrected chi connectivity index (χ0v) is 18.5. The molecule has 0 saturated heterocycles. The van der Waals surface area contributed by atoms with Gasteiger partial charge in [-0.25, -0.2) is 9.59 Å². The van der Waals surface area contributed by atoms with Gasteiger partial charge in [-0.3, -0.25) is 20.4 Å². The van der Waals surface area contributed by atoms with E-state index in [2.05, 4.69) is 27.5 Å². The summed E-state index contributed by atoms with van der Waals surface area (Å²) in [5.41, 5.74) is 4.90. The molecule has 166 valence electrons. The Morgan fingerprint density at radius 2 is 1.45 bits per heavy atom. The molecule has 0 aromatic heterocycles. The number of carbonyl (C=O) groups excluding carboxylic acids is 3. The summed E-state index contributed by atoms with van der Waals surface area (Å²) in [6.45, 7) is 14.3. The van der Waals surface area contributed by atoms with Gasteiger partial charge >= 0.3 is 12.2 Å². The molecule has 0 fully saturated rings. The molecule has 10 heteroatoms. The highest BCUT2D eigenvalue weighted by Gasteiger charge is 2.21. The number of carbonyl (C=O) groups is 3. The molecule has 0 aliphatic heterocycles. The van der Waals surface area contributed by atoms with Gasteiger partial charge in [-0.2, -0.15) is 0 Å². The highest BCUT2D eigenvalue weighted by Crippen LogP contribution is 2.09. The predicted octanol–water partition coefficient (Wildman–Crippen LogP) is 1.80. The molecule has 5 N–H and O–H groups in total. The van der Waals surface area contributed by atoms with Crippen LogP contribution in [0.1, 0.15) is 54.4 Å². The van der Waals surface area contributed by atoms with E-state index < -0.39 is 29.4 Å². The maximum Gasteiger partial charge on any atom is 0.414 e. The van der Waals surface area contributed by atoms with E-state index in [0.717, 1.165) is 0 Å². The minimum atomic E-state index is -0.803. The van der Waals surface area contributed by atoms with Crippen LogP contribution in [0.25, 0.3) is 0 Å². The number of hydrogen-bond donors (Lipinski definition) is 4. The van der Waals surface area contributed by atoms with Gasteiger partial charge in [0.1, 0.15) is 17.2 Å². The zero-order chi connectivity index (χ0) is 22.8. The van der Waals surface area contributed by atoms with Crippen LogP contribution in [-0.4, -0.2) is 54.9 Å². The monoisotopic (exact) mass is 413 g/mol. The lowest BCUT2D eigenvalue weighted by Crippen LogP contribution is -2.47. The van der Waals surface area contributed by atoms with E-state index in [1.54, 1.807) is 41.5 Å². The Balaban J connectivity index is 4.94. The number of hydrogen-bond acceptors (Lipinski definition) is 7. The standard InChI is InChI=1S/C19H35N5O5/c1-12(13(20)14(25)21-8)10-9-11-22-15(23-16(26)28-18(2,3)4)24-17(27)29-19(5,6)7/h13H,1,9-11,20H2,2-8H3,(H,21,25)(H2,22,23,24,26,27)/t13-/m0/s1. The van der Waals surface area contributed by atoms with Crippen LogP contribution < -0.4 is 21.7 Å². The third-order valence-electron chi connectivity index (χ3n) is 3.13. The Labute approximate surface area is 172 Å². The molecule has 0 unspecified atom stereocenters. The van der Waals surface area contributed by atoms with Crippen molar-refractivity contribution < 1.29 is 23.9 Å². The predicted molar refractivity (Wildman–Crippen MR) is 111 cm³/mol. The zero-order valence-electron chi connectivity index (χ0n) is 18.5. The third-order valence-corrected chi connectivity index (χ3v) is 3.13. The minimum Gasteiger partial charge on any atom is -0.444 e. The molecule has 0 aromatic rings. The van der Waals surface area contributed by atoms with E-state index in [0.29, 0.717) is 18.4 Å². The highest BCUT2D eigenvalue weighted by molar-refractivity contribution is 6.01. The molecule has 0 aliphatic carbocycles. The molecular formula is C19H35N5O5. The van der Waals surface area contributed by atoms with Crippen molar-refractivity contribution in [2.24, 2.45) is 10.7 Å². The molecule has 10 nitrogen and oxygen atoms in total. The summed E-state index contributed by atoms with van der Waals surface area (Å²) < 4.78 is 10.3. The fraction of sp³-hybridized carbons (Fsp3) is 0.684. The summed E-state index contributed by atoms with van der Waals surface area (Å²) >= 11 is 0. The van der Waals surface area contributed by atoms with Crippen LogP contribution in [0.15, 0.2) is 17.1 Å². The van der Waals surface area contributed by atoms with Crippen LogP contribution in [0.4, 0.5) is 9.59 Å². The highest BCUT2D eigenvalue weighted by atomic mass is 16.6. The molecule has 0 bridgehead atoms. The Morgan fingerprint density at radius 3 is 1.83 bits per heavy atom. The van der Waals surface area contributed by atoms with Crippen molar-refractivity contribution in [3.63, 3.8) is 0 Å². The SMILES string of the molecule is C=C(CCCN=C(NC(=O)OC(C)(C)C)NC(=O)OC(C)(C)C)[C@H](N)C(=O)NC. The van der Waals surface area contributed by atoms with Crippen LogP contribution in [0, 0.1) is 0 Å². The van der Waals surface area contributed by atoms with Gasteiger partial charge in [0.05, 0.1) is 0 Å². The fourth-order valence-electron chi connectivity index (χ4n) is 1.90. The summed E-state index contributed by atoms with van der Waals surface area (Å²) in [5.74, 6) is -0.424. The molecule has 0 aliphatic rings. The molecule has 0 heterocycles. The molecule has 0 radical (unpaired) electrons. The number of nitrogens with one attached hydrogen (secondary N) is 3. The first kappa shape index (κ1) is 26.4. The number of ether oxygens (including phenoxy) is 2. The van der Waals surface area contributed by atoms with Crippen LogP contribution in [-0.2, 0) is 14.3 Å². The summed E-state index contributed by atoms with van der Waals surface area (Å²) in [6.07, 6.45) is -0.583. The number of guanidine groups is 1. The smallest absolute Gasteiger partial charge is 0.414 e. The topological polar surface area (TPSA) is 144 Å². The molecule has 0 saturated carbocycles. The second-order valence-corrected chi connectivity index (χ2v) is 8.34. The van der Waals surface area contributed by atoms with E-state index in [1.807, 2.05) is 0 Å².